The minimum atomic E-state index is -1.06. The van der Waals surface area contributed by atoms with Gasteiger partial charge in [0.25, 0.3) is 5.91 Å². The molecule has 5 rings (SSSR count). The van der Waals surface area contributed by atoms with Gasteiger partial charge in [0.05, 0.1) is 12.0 Å². The Morgan fingerprint density at radius 1 is 1.06 bits per heavy atom. The molecule has 3 N–H and O–H groups in total. The first kappa shape index (κ1) is 23.0. The van der Waals surface area contributed by atoms with Gasteiger partial charge in [-0.25, -0.2) is 9.78 Å². The van der Waals surface area contributed by atoms with E-state index in [-0.39, 0.29) is 42.9 Å². The molecule has 2 aromatic carbocycles. The highest BCUT2D eigenvalue weighted by Gasteiger charge is 2.34. The summed E-state index contributed by atoms with van der Waals surface area (Å²) in [4.78, 5) is 42.0. The lowest BCUT2D eigenvalue weighted by molar-refractivity contribution is -0.144. The normalized spacial score (nSPS) is 19.1. The summed E-state index contributed by atoms with van der Waals surface area (Å²) >= 11 is 1.06. The largest absolute Gasteiger partial charge is 0.481 e. The summed E-state index contributed by atoms with van der Waals surface area (Å²) in [5.74, 6) is -2.46. The number of thiazole rings is 1. The van der Waals surface area contributed by atoms with Crippen LogP contribution >= 0.6 is 11.3 Å². The number of aliphatic hydroxyl groups excluding tert-OH is 1. The number of aliphatic hydroxyl groups is 1. The molecule has 0 spiro atoms. The molecule has 0 saturated carbocycles. The number of carbonyl (C=O) groups is 3. The second kappa shape index (κ2) is 9.47. The molecule has 2 unspecified atom stereocenters. The third kappa shape index (κ3) is 4.62. The minimum absolute atomic E-state index is 0.00209. The van der Waals surface area contributed by atoms with Gasteiger partial charge in [0, 0.05) is 24.4 Å². The third-order valence-corrected chi connectivity index (χ3v) is 7.10. The number of aromatic nitrogens is 1. The maximum absolute atomic E-state index is 12.8. The van der Waals surface area contributed by atoms with Gasteiger partial charge >= 0.3 is 12.1 Å². The molecule has 3 aromatic rings. The molecule has 0 bridgehead atoms. The maximum atomic E-state index is 12.8. The van der Waals surface area contributed by atoms with E-state index in [0.717, 1.165) is 33.6 Å². The van der Waals surface area contributed by atoms with E-state index in [1.165, 1.54) is 10.3 Å². The van der Waals surface area contributed by atoms with Crippen molar-refractivity contribution < 1.29 is 29.3 Å². The van der Waals surface area contributed by atoms with E-state index in [1.807, 2.05) is 36.4 Å². The topological polar surface area (TPSA) is 129 Å². The van der Waals surface area contributed by atoms with Gasteiger partial charge in [-0.3, -0.25) is 14.9 Å². The number of carboxylic acid groups (broad SMARTS) is 1. The first-order chi connectivity index (χ1) is 16.9. The number of rotatable bonds is 5. The molecule has 0 radical (unpaired) electrons. The van der Waals surface area contributed by atoms with Crippen LogP contribution in [-0.2, 0) is 9.53 Å². The van der Waals surface area contributed by atoms with Gasteiger partial charge in [-0.15, -0.1) is 11.3 Å². The Labute approximate surface area is 205 Å². The van der Waals surface area contributed by atoms with Gasteiger partial charge in [0.1, 0.15) is 12.3 Å². The van der Waals surface area contributed by atoms with E-state index in [9.17, 15) is 24.6 Å². The molecule has 1 aliphatic heterocycles. The Balaban J connectivity index is 1.21. The van der Waals surface area contributed by atoms with Gasteiger partial charge in [0.2, 0.25) is 0 Å². The van der Waals surface area contributed by atoms with Crippen LogP contribution in [0.5, 0.6) is 0 Å². The standard InChI is InChI=1S/C25H23N3O6S/c29-15-9-14(23(31)32)10-28(11-15)22(30)21-13-35-24(26-21)27-25(33)34-12-20-18-7-3-1-5-16(18)17-6-2-4-8-19(17)20/h1-8,13-15,20,29H,9-12H2,(H,31,32)(H,26,27,33). The Morgan fingerprint density at radius 2 is 1.71 bits per heavy atom. The van der Waals surface area contributed by atoms with Gasteiger partial charge in [-0.2, -0.15) is 0 Å². The van der Waals surface area contributed by atoms with Crippen LogP contribution in [-0.4, -0.2) is 63.9 Å². The Hall–Kier alpha value is -3.76. The number of fused-ring (bicyclic) bond motifs is 3. The first-order valence-corrected chi connectivity index (χ1v) is 12.1. The highest BCUT2D eigenvalue weighted by atomic mass is 32.1. The number of aliphatic carboxylic acids is 1. The summed E-state index contributed by atoms with van der Waals surface area (Å²) in [6, 6.07) is 16.1. The Morgan fingerprint density at radius 3 is 2.37 bits per heavy atom. The van der Waals surface area contributed by atoms with E-state index in [1.54, 1.807) is 0 Å². The highest BCUT2D eigenvalue weighted by molar-refractivity contribution is 7.14. The molecule has 1 aliphatic carbocycles. The van der Waals surface area contributed by atoms with Crippen LogP contribution in [0.25, 0.3) is 11.1 Å². The quantitative estimate of drug-likeness (QED) is 0.497. The average molecular weight is 494 g/mol. The summed E-state index contributed by atoms with van der Waals surface area (Å²) in [6.45, 7) is 0.187. The molecular weight excluding hydrogens is 470 g/mol. The summed E-state index contributed by atoms with van der Waals surface area (Å²) < 4.78 is 5.51. The van der Waals surface area contributed by atoms with E-state index < -0.39 is 30.0 Å². The molecule has 9 nitrogen and oxygen atoms in total. The molecule has 10 heteroatoms. The average Bonchev–Trinajstić information content (AvgIpc) is 3.44. The van der Waals surface area contributed by atoms with Crippen LogP contribution < -0.4 is 5.32 Å². The number of β-amino-alcohol motifs (C(OH)–C–C–N with tert-alkyl or cyclic N) is 1. The van der Waals surface area contributed by atoms with Gasteiger partial charge in [-0.1, -0.05) is 48.5 Å². The van der Waals surface area contributed by atoms with Crippen molar-refractivity contribution >= 4 is 34.4 Å². The fourth-order valence-corrected chi connectivity index (χ4v) is 5.40. The van der Waals surface area contributed by atoms with E-state index >= 15 is 0 Å². The molecule has 2 amide bonds. The Kier molecular flexibility index (Phi) is 6.23. The first-order valence-electron chi connectivity index (χ1n) is 11.2. The number of likely N-dealkylation sites (tertiary alicyclic amines) is 1. The number of carbonyl (C=O) groups excluding carboxylic acids is 2. The van der Waals surface area contributed by atoms with Crippen molar-refractivity contribution in [2.24, 2.45) is 5.92 Å². The predicted octanol–water partition coefficient (Wildman–Crippen LogP) is 3.41. The van der Waals surface area contributed by atoms with Gasteiger partial charge < -0.3 is 19.8 Å². The lowest BCUT2D eigenvalue weighted by atomic mass is 9.96. The smallest absolute Gasteiger partial charge is 0.413 e. The van der Waals surface area contributed by atoms with Gasteiger partial charge in [0.15, 0.2) is 5.13 Å². The second-order valence-electron chi connectivity index (χ2n) is 8.62. The summed E-state index contributed by atoms with van der Waals surface area (Å²) in [5, 5.41) is 23.4. The van der Waals surface area contributed by atoms with Crippen LogP contribution in [0.4, 0.5) is 9.93 Å². The number of nitrogens with zero attached hydrogens (tertiary/aromatic N) is 2. The number of anilines is 1. The zero-order valence-corrected chi connectivity index (χ0v) is 19.4. The summed E-state index contributed by atoms with van der Waals surface area (Å²) in [7, 11) is 0. The van der Waals surface area contributed by atoms with Crippen molar-refractivity contribution in [3.63, 3.8) is 0 Å². The van der Waals surface area contributed by atoms with Crippen molar-refractivity contribution in [2.45, 2.75) is 18.4 Å². The minimum Gasteiger partial charge on any atom is -0.481 e. The maximum Gasteiger partial charge on any atom is 0.413 e. The Bertz CT molecular complexity index is 1250. The monoisotopic (exact) mass is 493 g/mol. The molecule has 35 heavy (non-hydrogen) atoms. The summed E-state index contributed by atoms with van der Waals surface area (Å²) in [5.41, 5.74) is 4.54. The lowest BCUT2D eigenvalue weighted by Gasteiger charge is -2.33. The van der Waals surface area contributed by atoms with Crippen molar-refractivity contribution in [2.75, 3.05) is 25.0 Å². The van der Waals surface area contributed by atoms with Crippen molar-refractivity contribution in [1.29, 1.82) is 0 Å². The number of hydrogen-bond acceptors (Lipinski definition) is 7. The zero-order valence-electron chi connectivity index (χ0n) is 18.6. The number of nitrogens with one attached hydrogen (secondary N) is 1. The number of carboxylic acids is 1. The van der Waals surface area contributed by atoms with Crippen molar-refractivity contribution in [3.8, 4) is 11.1 Å². The third-order valence-electron chi connectivity index (χ3n) is 6.34. The predicted molar refractivity (Wildman–Crippen MR) is 128 cm³/mol. The fourth-order valence-electron chi connectivity index (χ4n) is 4.73. The number of benzene rings is 2. The molecule has 180 valence electrons. The van der Waals surface area contributed by atoms with Crippen LogP contribution in [0, 0.1) is 5.92 Å². The van der Waals surface area contributed by atoms with Crippen LogP contribution in [0.2, 0.25) is 0 Å². The molecular formula is C25H23N3O6S. The highest BCUT2D eigenvalue weighted by Crippen LogP contribution is 2.44. The van der Waals surface area contributed by atoms with Crippen LogP contribution in [0.15, 0.2) is 53.9 Å². The molecule has 2 heterocycles. The van der Waals surface area contributed by atoms with Crippen LogP contribution in [0.3, 0.4) is 0 Å². The molecule has 2 aliphatic rings. The van der Waals surface area contributed by atoms with Gasteiger partial charge in [-0.05, 0) is 28.7 Å². The SMILES string of the molecule is O=C(Nc1nc(C(=O)N2CC(O)CC(C(=O)O)C2)cs1)OCC1c2ccccc2-c2ccccc21. The number of hydrogen-bond donors (Lipinski definition) is 3. The number of ether oxygens (including phenoxy) is 1. The zero-order chi connectivity index (χ0) is 24.5. The lowest BCUT2D eigenvalue weighted by Crippen LogP contribution is -2.48. The fraction of sp³-hybridized carbons (Fsp3) is 0.280. The molecule has 1 saturated heterocycles. The van der Waals surface area contributed by atoms with Crippen molar-refractivity contribution in [1.82, 2.24) is 9.88 Å². The number of piperidine rings is 1. The van der Waals surface area contributed by atoms with E-state index in [4.69, 9.17) is 4.74 Å². The van der Waals surface area contributed by atoms with E-state index in [2.05, 4.69) is 22.4 Å². The van der Waals surface area contributed by atoms with Crippen molar-refractivity contribution in [3.05, 3.63) is 70.7 Å². The second-order valence-corrected chi connectivity index (χ2v) is 9.48. The molecule has 2 atom stereocenters. The van der Waals surface area contributed by atoms with E-state index in [0.29, 0.717) is 0 Å². The molecule has 1 aromatic heterocycles. The molecule has 1 fully saturated rings. The van der Waals surface area contributed by atoms with Crippen LogP contribution in [0.1, 0.15) is 34.0 Å². The number of amides is 2. The summed E-state index contributed by atoms with van der Waals surface area (Å²) in [6.07, 6.45) is -1.49.